The molecule has 1 fully saturated rings. The van der Waals surface area contributed by atoms with Gasteiger partial charge in [-0.15, -0.1) is 11.3 Å². The fourth-order valence-electron chi connectivity index (χ4n) is 2.28. The Kier molecular flexibility index (Phi) is 3.01. The van der Waals surface area contributed by atoms with Gasteiger partial charge in [0.2, 0.25) is 0 Å². The average Bonchev–Trinajstić information content (AvgIpc) is 2.95. The monoisotopic (exact) mass is 264 g/mol. The third-order valence-electron chi connectivity index (χ3n) is 3.31. The molecule has 0 aromatic carbocycles. The zero-order valence-electron chi connectivity index (χ0n) is 9.90. The standard InChI is InChI=1S/C13H16N2S2/c1-13(5-2-7-17-13)9-15-12-10-4-8-16-11(10)3-6-14-12/h3-4,6,8H,2,5,7,9H2,1H3,(H,14,15). The molecule has 0 amide bonds. The number of nitrogens with one attached hydrogen (secondary N) is 1. The summed E-state index contributed by atoms with van der Waals surface area (Å²) in [5, 5.41) is 6.91. The summed E-state index contributed by atoms with van der Waals surface area (Å²) < 4.78 is 1.70. The van der Waals surface area contributed by atoms with Crippen LogP contribution in [0.2, 0.25) is 0 Å². The van der Waals surface area contributed by atoms with Crippen LogP contribution in [0.4, 0.5) is 5.82 Å². The van der Waals surface area contributed by atoms with E-state index in [4.69, 9.17) is 0 Å². The molecule has 0 saturated carbocycles. The van der Waals surface area contributed by atoms with Crippen LogP contribution >= 0.6 is 23.1 Å². The minimum atomic E-state index is 0.389. The van der Waals surface area contributed by atoms with E-state index in [1.807, 2.05) is 6.20 Å². The summed E-state index contributed by atoms with van der Waals surface area (Å²) >= 11 is 3.86. The topological polar surface area (TPSA) is 24.9 Å². The van der Waals surface area contributed by atoms with Crippen molar-refractivity contribution in [2.24, 2.45) is 0 Å². The summed E-state index contributed by atoms with van der Waals surface area (Å²) in [7, 11) is 0. The number of nitrogens with zero attached hydrogens (tertiary/aromatic N) is 1. The van der Waals surface area contributed by atoms with Gasteiger partial charge >= 0.3 is 0 Å². The molecule has 2 nitrogen and oxygen atoms in total. The van der Waals surface area contributed by atoms with Crippen molar-refractivity contribution in [3.63, 3.8) is 0 Å². The second-order valence-corrected chi connectivity index (χ2v) is 7.38. The van der Waals surface area contributed by atoms with Gasteiger partial charge in [-0.1, -0.05) is 0 Å². The molecular formula is C13H16N2S2. The molecular weight excluding hydrogens is 248 g/mol. The van der Waals surface area contributed by atoms with Gasteiger partial charge in [0.15, 0.2) is 0 Å². The maximum Gasteiger partial charge on any atom is 0.134 e. The summed E-state index contributed by atoms with van der Waals surface area (Å²) in [5.74, 6) is 2.34. The van der Waals surface area contributed by atoms with Gasteiger partial charge in [-0.2, -0.15) is 11.8 Å². The fourth-order valence-corrected chi connectivity index (χ4v) is 4.31. The third kappa shape index (κ3) is 2.29. The largest absolute Gasteiger partial charge is 0.368 e. The van der Waals surface area contributed by atoms with E-state index in [0.29, 0.717) is 4.75 Å². The molecule has 17 heavy (non-hydrogen) atoms. The minimum Gasteiger partial charge on any atom is -0.368 e. The van der Waals surface area contributed by atoms with Gasteiger partial charge in [-0.05, 0) is 43.0 Å². The van der Waals surface area contributed by atoms with Crippen LogP contribution in [0.25, 0.3) is 10.1 Å². The number of hydrogen-bond donors (Lipinski definition) is 1. The number of anilines is 1. The highest BCUT2D eigenvalue weighted by Crippen LogP contribution is 2.38. The zero-order valence-corrected chi connectivity index (χ0v) is 11.5. The number of pyridine rings is 1. The van der Waals surface area contributed by atoms with Crippen LogP contribution in [0.1, 0.15) is 19.8 Å². The second-order valence-electron chi connectivity index (χ2n) is 4.75. The predicted octanol–water partition coefficient (Wildman–Crippen LogP) is 3.99. The minimum absolute atomic E-state index is 0.389. The Morgan fingerprint density at radius 1 is 1.47 bits per heavy atom. The smallest absolute Gasteiger partial charge is 0.134 e. The maximum atomic E-state index is 4.46. The van der Waals surface area contributed by atoms with E-state index in [1.165, 1.54) is 28.7 Å². The van der Waals surface area contributed by atoms with Crippen molar-refractivity contribution in [1.82, 2.24) is 4.98 Å². The first-order chi connectivity index (χ1) is 8.27. The summed E-state index contributed by atoms with van der Waals surface area (Å²) in [4.78, 5) is 4.46. The molecule has 1 unspecified atom stereocenters. The van der Waals surface area contributed by atoms with Crippen molar-refractivity contribution >= 4 is 39.0 Å². The molecule has 0 spiro atoms. The summed E-state index contributed by atoms with van der Waals surface area (Å²) in [6, 6.07) is 4.23. The summed E-state index contributed by atoms with van der Waals surface area (Å²) in [6.07, 6.45) is 4.55. The van der Waals surface area contributed by atoms with E-state index in [2.05, 4.69) is 46.5 Å². The van der Waals surface area contributed by atoms with Crippen molar-refractivity contribution in [2.75, 3.05) is 17.6 Å². The highest BCUT2D eigenvalue weighted by atomic mass is 32.2. The van der Waals surface area contributed by atoms with Crippen molar-refractivity contribution in [1.29, 1.82) is 0 Å². The summed E-state index contributed by atoms with van der Waals surface area (Å²) in [6.45, 7) is 3.37. The first-order valence-corrected chi connectivity index (χ1v) is 7.83. The van der Waals surface area contributed by atoms with Crippen LogP contribution in [0.15, 0.2) is 23.7 Å². The molecule has 2 aromatic heterocycles. The van der Waals surface area contributed by atoms with Crippen LogP contribution in [0.3, 0.4) is 0 Å². The molecule has 3 rings (SSSR count). The number of fused-ring (bicyclic) bond motifs is 1. The van der Waals surface area contributed by atoms with Crippen molar-refractivity contribution < 1.29 is 0 Å². The Labute approximate surface area is 110 Å². The Morgan fingerprint density at radius 3 is 3.24 bits per heavy atom. The molecule has 90 valence electrons. The number of aromatic nitrogens is 1. The molecule has 0 radical (unpaired) electrons. The Bertz CT molecular complexity index is 515. The lowest BCUT2D eigenvalue weighted by Crippen LogP contribution is -2.27. The lowest BCUT2D eigenvalue weighted by atomic mass is 10.1. The van der Waals surface area contributed by atoms with Gasteiger partial charge in [0.1, 0.15) is 5.82 Å². The maximum absolute atomic E-state index is 4.46. The lowest BCUT2D eigenvalue weighted by molar-refractivity contribution is 0.634. The van der Waals surface area contributed by atoms with Gasteiger partial charge in [0.25, 0.3) is 0 Å². The molecule has 0 aliphatic carbocycles. The Balaban J connectivity index is 1.78. The van der Waals surface area contributed by atoms with Crippen LogP contribution in [0.5, 0.6) is 0 Å². The molecule has 1 saturated heterocycles. The molecule has 2 aromatic rings. The van der Waals surface area contributed by atoms with Gasteiger partial charge in [0, 0.05) is 27.6 Å². The van der Waals surface area contributed by atoms with Crippen LogP contribution in [-0.4, -0.2) is 22.0 Å². The molecule has 4 heteroatoms. The normalized spacial score (nSPS) is 24.3. The molecule has 1 N–H and O–H groups in total. The van der Waals surface area contributed by atoms with Gasteiger partial charge in [0.05, 0.1) is 0 Å². The zero-order chi connectivity index (χ0) is 11.7. The second kappa shape index (κ2) is 4.50. The number of thiophene rings is 1. The number of hydrogen-bond acceptors (Lipinski definition) is 4. The van der Waals surface area contributed by atoms with E-state index >= 15 is 0 Å². The van der Waals surface area contributed by atoms with Crippen molar-refractivity contribution in [2.45, 2.75) is 24.5 Å². The highest BCUT2D eigenvalue weighted by Gasteiger charge is 2.29. The van der Waals surface area contributed by atoms with Gasteiger partial charge in [-0.3, -0.25) is 0 Å². The number of thioether (sulfide) groups is 1. The first kappa shape index (κ1) is 11.4. The Hall–Kier alpha value is -0.740. The molecule has 1 atom stereocenters. The van der Waals surface area contributed by atoms with E-state index in [1.54, 1.807) is 11.3 Å². The first-order valence-electron chi connectivity index (χ1n) is 5.97. The molecule has 3 heterocycles. The van der Waals surface area contributed by atoms with Crippen molar-refractivity contribution in [3.05, 3.63) is 23.7 Å². The van der Waals surface area contributed by atoms with Crippen LogP contribution in [-0.2, 0) is 0 Å². The average molecular weight is 264 g/mol. The Morgan fingerprint density at radius 2 is 2.41 bits per heavy atom. The third-order valence-corrected chi connectivity index (χ3v) is 5.73. The quantitative estimate of drug-likeness (QED) is 0.907. The van der Waals surface area contributed by atoms with Crippen LogP contribution < -0.4 is 5.32 Å². The van der Waals surface area contributed by atoms with Gasteiger partial charge < -0.3 is 5.32 Å². The van der Waals surface area contributed by atoms with Gasteiger partial charge in [-0.25, -0.2) is 4.98 Å². The van der Waals surface area contributed by atoms with Crippen LogP contribution in [0, 0.1) is 0 Å². The predicted molar refractivity (Wildman–Crippen MR) is 78.2 cm³/mol. The molecule has 0 bridgehead atoms. The highest BCUT2D eigenvalue weighted by molar-refractivity contribution is 8.00. The lowest BCUT2D eigenvalue weighted by Gasteiger charge is -2.23. The van der Waals surface area contributed by atoms with E-state index in [9.17, 15) is 0 Å². The van der Waals surface area contributed by atoms with E-state index in [-0.39, 0.29) is 0 Å². The molecule has 1 aliphatic rings. The number of rotatable bonds is 3. The SMILES string of the molecule is CC1(CNc2nccc3sccc23)CCCS1. The summed E-state index contributed by atoms with van der Waals surface area (Å²) in [5.41, 5.74) is 0. The molecule has 1 aliphatic heterocycles. The van der Waals surface area contributed by atoms with Crippen molar-refractivity contribution in [3.8, 4) is 0 Å². The van der Waals surface area contributed by atoms with E-state index < -0.39 is 0 Å². The fraction of sp³-hybridized carbons (Fsp3) is 0.462. The van der Waals surface area contributed by atoms with E-state index in [0.717, 1.165) is 12.4 Å².